The average molecular weight is 343 g/mol. The lowest BCUT2D eigenvalue weighted by Gasteiger charge is -2.11. The average Bonchev–Trinajstić information content (AvgIpc) is 2.93. The Morgan fingerprint density at radius 2 is 2.12 bits per heavy atom. The Bertz CT molecular complexity index is 711. The van der Waals surface area contributed by atoms with E-state index in [1.165, 1.54) is 6.20 Å². The molecule has 0 aliphatic carbocycles. The van der Waals surface area contributed by atoms with Crippen LogP contribution in [0.15, 0.2) is 24.5 Å². The van der Waals surface area contributed by atoms with Gasteiger partial charge in [0.05, 0.1) is 12.6 Å². The molecule has 0 saturated heterocycles. The van der Waals surface area contributed by atoms with E-state index >= 15 is 0 Å². The quantitative estimate of drug-likeness (QED) is 0.871. The number of carboxylic acids is 1. The number of ether oxygens (including phenoxy) is 1. The zero-order chi connectivity index (χ0) is 17.9. The number of rotatable bonds is 6. The molecule has 6 nitrogen and oxygen atoms in total. The van der Waals surface area contributed by atoms with E-state index in [0.717, 1.165) is 17.3 Å². The molecule has 0 amide bonds. The van der Waals surface area contributed by atoms with E-state index in [1.807, 2.05) is 13.8 Å². The molecule has 0 saturated carbocycles. The summed E-state index contributed by atoms with van der Waals surface area (Å²) >= 11 is 0. The van der Waals surface area contributed by atoms with Crippen LogP contribution in [-0.2, 0) is 12.7 Å². The van der Waals surface area contributed by atoms with Crippen molar-refractivity contribution in [1.29, 1.82) is 0 Å². The summed E-state index contributed by atoms with van der Waals surface area (Å²) in [6.07, 6.45) is -1.70. The van der Waals surface area contributed by atoms with E-state index in [9.17, 15) is 18.0 Å². The summed E-state index contributed by atoms with van der Waals surface area (Å²) in [6, 6.07) is 3.24. The lowest BCUT2D eigenvalue weighted by molar-refractivity contribution is -0.142. The molecule has 0 aromatic carbocycles. The summed E-state index contributed by atoms with van der Waals surface area (Å²) in [5.74, 6) is -1.26. The van der Waals surface area contributed by atoms with Crippen molar-refractivity contribution in [3.8, 4) is 5.88 Å². The molecule has 2 rings (SSSR count). The largest absolute Gasteiger partial charge is 0.478 e. The van der Waals surface area contributed by atoms with Gasteiger partial charge in [-0.1, -0.05) is 13.0 Å². The highest BCUT2D eigenvalue weighted by Crippen LogP contribution is 2.30. The van der Waals surface area contributed by atoms with Crippen LogP contribution in [0.2, 0.25) is 0 Å². The summed E-state index contributed by atoms with van der Waals surface area (Å²) in [4.78, 5) is 15.0. The fraction of sp³-hybridized carbons (Fsp3) is 0.400. The predicted molar refractivity (Wildman–Crippen MR) is 77.9 cm³/mol. The minimum Gasteiger partial charge on any atom is -0.478 e. The van der Waals surface area contributed by atoms with Crippen LogP contribution in [0.1, 0.15) is 41.9 Å². The van der Waals surface area contributed by atoms with E-state index in [0.29, 0.717) is 11.4 Å². The standard InChI is InChI=1S/C15H16F3N3O3/c1-3-9(2)24-12-5-4-10(6-19-12)7-21-8-11(14(22)23)13(20-21)15(16,17)18/h4-6,8-9H,3,7H2,1-2H3,(H,22,23). The maximum absolute atomic E-state index is 12.8. The van der Waals surface area contributed by atoms with Gasteiger partial charge in [-0.3, -0.25) is 4.68 Å². The lowest BCUT2D eigenvalue weighted by Crippen LogP contribution is -2.12. The maximum Gasteiger partial charge on any atom is 0.436 e. The van der Waals surface area contributed by atoms with Gasteiger partial charge in [0.1, 0.15) is 5.56 Å². The Morgan fingerprint density at radius 3 is 2.58 bits per heavy atom. The monoisotopic (exact) mass is 343 g/mol. The second kappa shape index (κ2) is 6.90. The Balaban J connectivity index is 2.18. The molecule has 9 heteroatoms. The van der Waals surface area contributed by atoms with Gasteiger partial charge < -0.3 is 9.84 Å². The Labute approximate surface area is 135 Å². The molecule has 0 aliphatic rings. The SMILES string of the molecule is CCC(C)Oc1ccc(Cn2cc(C(=O)O)c(C(F)(F)F)n2)cn1. The van der Waals surface area contributed by atoms with Crippen molar-refractivity contribution < 1.29 is 27.8 Å². The number of hydrogen-bond donors (Lipinski definition) is 1. The van der Waals surface area contributed by atoms with Crippen LogP contribution in [0.4, 0.5) is 13.2 Å². The molecule has 1 unspecified atom stereocenters. The van der Waals surface area contributed by atoms with Gasteiger partial charge in [-0.05, 0) is 18.9 Å². The molecule has 2 aromatic rings. The van der Waals surface area contributed by atoms with E-state index in [1.54, 1.807) is 12.1 Å². The third-order valence-electron chi connectivity index (χ3n) is 3.30. The van der Waals surface area contributed by atoms with Crippen LogP contribution in [0.5, 0.6) is 5.88 Å². The van der Waals surface area contributed by atoms with Crippen LogP contribution < -0.4 is 4.74 Å². The number of aromatic nitrogens is 3. The fourth-order valence-electron chi connectivity index (χ4n) is 1.92. The highest BCUT2D eigenvalue weighted by Gasteiger charge is 2.39. The number of halogens is 3. The van der Waals surface area contributed by atoms with Gasteiger partial charge in [0.25, 0.3) is 0 Å². The van der Waals surface area contributed by atoms with Crippen molar-refractivity contribution in [1.82, 2.24) is 14.8 Å². The molecule has 1 atom stereocenters. The molecule has 0 bridgehead atoms. The van der Waals surface area contributed by atoms with Gasteiger partial charge in [-0.25, -0.2) is 9.78 Å². The van der Waals surface area contributed by atoms with Gasteiger partial charge in [0.15, 0.2) is 5.69 Å². The molecule has 0 aliphatic heterocycles. The molecule has 0 radical (unpaired) electrons. The van der Waals surface area contributed by atoms with Crippen LogP contribution in [0, 0.1) is 0 Å². The minimum absolute atomic E-state index is 0.00179. The van der Waals surface area contributed by atoms with Gasteiger partial charge in [0.2, 0.25) is 5.88 Å². The number of pyridine rings is 1. The number of aromatic carboxylic acids is 1. The van der Waals surface area contributed by atoms with E-state index in [-0.39, 0.29) is 12.6 Å². The number of nitrogens with zero attached hydrogens (tertiary/aromatic N) is 3. The molecule has 24 heavy (non-hydrogen) atoms. The Kier molecular flexibility index (Phi) is 5.10. The van der Waals surface area contributed by atoms with Crippen LogP contribution >= 0.6 is 0 Å². The summed E-state index contributed by atoms with van der Waals surface area (Å²) in [6.45, 7) is 3.83. The molecule has 130 valence electrons. The molecule has 1 N–H and O–H groups in total. The first kappa shape index (κ1) is 17.8. The number of carboxylic acid groups (broad SMARTS) is 1. The zero-order valence-corrected chi connectivity index (χ0v) is 13.0. The van der Waals surface area contributed by atoms with E-state index in [4.69, 9.17) is 9.84 Å². The second-order valence-electron chi connectivity index (χ2n) is 5.23. The first-order valence-electron chi connectivity index (χ1n) is 7.20. The first-order chi connectivity index (χ1) is 11.2. The minimum atomic E-state index is -4.83. The van der Waals surface area contributed by atoms with Crippen LogP contribution in [-0.4, -0.2) is 31.9 Å². The fourth-order valence-corrected chi connectivity index (χ4v) is 1.92. The molecular weight excluding hydrogens is 327 g/mol. The highest BCUT2D eigenvalue weighted by molar-refractivity contribution is 5.88. The summed E-state index contributed by atoms with van der Waals surface area (Å²) in [5, 5.41) is 12.2. The maximum atomic E-state index is 12.8. The first-order valence-corrected chi connectivity index (χ1v) is 7.20. The van der Waals surface area contributed by atoms with Crippen LogP contribution in [0.3, 0.4) is 0 Å². The summed E-state index contributed by atoms with van der Waals surface area (Å²) in [5.41, 5.74) is -1.73. The summed E-state index contributed by atoms with van der Waals surface area (Å²) in [7, 11) is 0. The van der Waals surface area contributed by atoms with Crippen molar-refractivity contribution in [3.63, 3.8) is 0 Å². The van der Waals surface area contributed by atoms with Gasteiger partial charge in [-0.2, -0.15) is 18.3 Å². The normalized spacial score (nSPS) is 12.9. The van der Waals surface area contributed by atoms with Crippen molar-refractivity contribution in [2.24, 2.45) is 0 Å². The Morgan fingerprint density at radius 1 is 1.42 bits per heavy atom. The zero-order valence-electron chi connectivity index (χ0n) is 13.0. The van der Waals surface area contributed by atoms with Gasteiger partial charge >= 0.3 is 12.1 Å². The molecule has 0 spiro atoms. The number of carbonyl (C=O) groups is 1. The number of alkyl halides is 3. The summed E-state index contributed by atoms with van der Waals surface area (Å²) < 4.78 is 44.8. The molecular formula is C15H16F3N3O3. The third-order valence-corrected chi connectivity index (χ3v) is 3.30. The van der Waals surface area contributed by atoms with Crippen LogP contribution in [0.25, 0.3) is 0 Å². The van der Waals surface area contributed by atoms with Crippen molar-refractivity contribution >= 4 is 5.97 Å². The Hall–Kier alpha value is -2.58. The smallest absolute Gasteiger partial charge is 0.436 e. The highest BCUT2D eigenvalue weighted by atomic mass is 19.4. The lowest BCUT2D eigenvalue weighted by atomic mass is 10.2. The third kappa shape index (κ3) is 4.24. The van der Waals surface area contributed by atoms with Crippen molar-refractivity contribution in [2.75, 3.05) is 0 Å². The topological polar surface area (TPSA) is 77.2 Å². The van der Waals surface area contributed by atoms with E-state index < -0.39 is 23.4 Å². The predicted octanol–water partition coefficient (Wildman–Crippen LogP) is 3.22. The molecule has 2 aromatic heterocycles. The van der Waals surface area contributed by atoms with Gasteiger partial charge in [-0.15, -0.1) is 0 Å². The van der Waals surface area contributed by atoms with Crippen molar-refractivity contribution in [2.45, 2.75) is 39.1 Å². The van der Waals surface area contributed by atoms with Gasteiger partial charge in [0, 0.05) is 18.5 Å². The number of hydrogen-bond acceptors (Lipinski definition) is 4. The molecule has 0 fully saturated rings. The molecule has 2 heterocycles. The van der Waals surface area contributed by atoms with E-state index in [2.05, 4.69) is 10.1 Å². The second-order valence-corrected chi connectivity index (χ2v) is 5.23. The van der Waals surface area contributed by atoms with Crippen molar-refractivity contribution in [3.05, 3.63) is 41.3 Å².